The van der Waals surface area contributed by atoms with Gasteiger partial charge in [0, 0.05) is 34.9 Å². The number of amides is 1. The lowest BCUT2D eigenvalue weighted by Gasteiger charge is -2.18. The van der Waals surface area contributed by atoms with E-state index in [0.717, 1.165) is 5.56 Å². The van der Waals surface area contributed by atoms with Crippen molar-refractivity contribution < 1.29 is 17.9 Å². The van der Waals surface area contributed by atoms with Gasteiger partial charge in [-0.3, -0.25) is 4.79 Å². The molecule has 0 aliphatic carbocycles. The molecule has 8 heteroatoms. The molecule has 168 valence electrons. The van der Waals surface area contributed by atoms with Crippen molar-refractivity contribution in [1.82, 2.24) is 4.31 Å². The lowest BCUT2D eigenvalue weighted by molar-refractivity contribution is 0.102. The smallest absolute Gasteiger partial charge is 0.255 e. The molecule has 0 fully saturated rings. The van der Waals surface area contributed by atoms with E-state index in [1.807, 2.05) is 18.2 Å². The third kappa shape index (κ3) is 5.68. The maximum atomic E-state index is 12.7. The third-order valence-electron chi connectivity index (χ3n) is 4.90. The lowest BCUT2D eigenvalue weighted by Crippen LogP contribution is -2.30. The van der Waals surface area contributed by atoms with E-state index < -0.39 is 10.0 Å². The van der Waals surface area contributed by atoms with Gasteiger partial charge >= 0.3 is 0 Å². The van der Waals surface area contributed by atoms with Crippen LogP contribution in [0, 0.1) is 0 Å². The highest BCUT2D eigenvalue weighted by Crippen LogP contribution is 2.21. The molecule has 3 aromatic carbocycles. The zero-order valence-corrected chi connectivity index (χ0v) is 19.5. The number of halogens is 1. The van der Waals surface area contributed by atoms with Gasteiger partial charge in [-0.1, -0.05) is 49.7 Å². The Bertz CT molecular complexity index is 1180. The maximum Gasteiger partial charge on any atom is 0.255 e. The van der Waals surface area contributed by atoms with Crippen molar-refractivity contribution in [2.45, 2.75) is 25.3 Å². The van der Waals surface area contributed by atoms with Gasteiger partial charge in [-0.25, -0.2) is 8.42 Å². The number of hydrogen-bond acceptors (Lipinski definition) is 4. The summed E-state index contributed by atoms with van der Waals surface area (Å²) >= 11 is 6.15. The summed E-state index contributed by atoms with van der Waals surface area (Å²) in [7, 11) is -3.54. The molecule has 0 aliphatic heterocycles. The fraction of sp³-hybridized carbons (Fsp3) is 0.208. The molecule has 0 aliphatic rings. The van der Waals surface area contributed by atoms with Gasteiger partial charge in [0.15, 0.2) is 0 Å². The van der Waals surface area contributed by atoms with Gasteiger partial charge in [0.2, 0.25) is 10.0 Å². The highest BCUT2D eigenvalue weighted by atomic mass is 35.5. The summed E-state index contributed by atoms with van der Waals surface area (Å²) in [5, 5.41) is 3.40. The zero-order chi connectivity index (χ0) is 23.1. The molecule has 0 heterocycles. The standard InChI is InChI=1S/C24H25ClN2O4S/c1-3-27(4-2)32(29,30)22-14-12-20(13-15-22)26-24(28)18-9-7-10-21(16-18)31-17-19-8-5-6-11-23(19)25/h5-16H,3-4,17H2,1-2H3,(H,26,28). The number of nitrogens with one attached hydrogen (secondary N) is 1. The summed E-state index contributed by atoms with van der Waals surface area (Å²) in [5.41, 5.74) is 1.76. The topological polar surface area (TPSA) is 75.7 Å². The monoisotopic (exact) mass is 472 g/mol. The van der Waals surface area contributed by atoms with Crippen LogP contribution in [0.4, 0.5) is 5.69 Å². The third-order valence-corrected chi connectivity index (χ3v) is 7.34. The average molecular weight is 473 g/mol. The van der Waals surface area contributed by atoms with Crippen LogP contribution < -0.4 is 10.1 Å². The molecule has 0 radical (unpaired) electrons. The molecular formula is C24H25ClN2O4S. The first-order valence-corrected chi connectivity index (χ1v) is 12.0. The summed E-state index contributed by atoms with van der Waals surface area (Å²) in [6.45, 7) is 4.66. The second kappa shape index (κ2) is 10.6. The first kappa shape index (κ1) is 23.8. The van der Waals surface area contributed by atoms with Crippen molar-refractivity contribution in [2.24, 2.45) is 0 Å². The number of nitrogens with zero attached hydrogens (tertiary/aromatic N) is 1. The molecule has 1 amide bonds. The largest absolute Gasteiger partial charge is 0.489 e. The number of carbonyl (C=O) groups is 1. The highest BCUT2D eigenvalue weighted by molar-refractivity contribution is 7.89. The minimum atomic E-state index is -3.54. The molecule has 1 N–H and O–H groups in total. The Hall–Kier alpha value is -2.87. The van der Waals surface area contributed by atoms with Crippen LogP contribution >= 0.6 is 11.6 Å². The molecule has 32 heavy (non-hydrogen) atoms. The fourth-order valence-corrected chi connectivity index (χ4v) is 4.78. The quantitative estimate of drug-likeness (QED) is 0.464. The van der Waals surface area contributed by atoms with E-state index in [9.17, 15) is 13.2 Å². The van der Waals surface area contributed by atoms with E-state index in [-0.39, 0.29) is 17.4 Å². The predicted octanol–water partition coefficient (Wildman–Crippen LogP) is 5.20. The number of ether oxygens (including phenoxy) is 1. The van der Waals surface area contributed by atoms with Crippen molar-refractivity contribution >= 4 is 33.2 Å². The van der Waals surface area contributed by atoms with Crippen LogP contribution in [0.3, 0.4) is 0 Å². The maximum absolute atomic E-state index is 12.7. The molecule has 0 unspecified atom stereocenters. The molecule has 3 rings (SSSR count). The van der Waals surface area contributed by atoms with Crippen LogP contribution in [0.25, 0.3) is 0 Å². The minimum absolute atomic E-state index is 0.189. The molecule has 0 aromatic heterocycles. The SMILES string of the molecule is CCN(CC)S(=O)(=O)c1ccc(NC(=O)c2cccc(OCc3ccccc3Cl)c2)cc1. The van der Waals surface area contributed by atoms with Gasteiger partial charge in [0.25, 0.3) is 5.91 Å². The van der Waals surface area contributed by atoms with Crippen LogP contribution in [0.2, 0.25) is 5.02 Å². The number of carbonyl (C=O) groups excluding carboxylic acids is 1. The second-order valence-electron chi connectivity index (χ2n) is 6.98. The fourth-order valence-electron chi connectivity index (χ4n) is 3.13. The Morgan fingerprint density at radius 2 is 1.66 bits per heavy atom. The van der Waals surface area contributed by atoms with E-state index in [1.165, 1.54) is 16.4 Å². The van der Waals surface area contributed by atoms with Crippen LogP contribution in [-0.2, 0) is 16.6 Å². The van der Waals surface area contributed by atoms with Gasteiger partial charge in [-0.15, -0.1) is 0 Å². The van der Waals surface area contributed by atoms with E-state index >= 15 is 0 Å². The van der Waals surface area contributed by atoms with Crippen molar-refractivity contribution in [2.75, 3.05) is 18.4 Å². The van der Waals surface area contributed by atoms with E-state index in [1.54, 1.807) is 56.3 Å². The zero-order valence-electron chi connectivity index (χ0n) is 17.9. The number of anilines is 1. The first-order chi connectivity index (χ1) is 15.3. The van der Waals surface area contributed by atoms with Crippen molar-refractivity contribution in [3.63, 3.8) is 0 Å². The molecule has 0 saturated heterocycles. The molecule has 0 saturated carbocycles. The molecule has 0 bridgehead atoms. The highest BCUT2D eigenvalue weighted by Gasteiger charge is 2.21. The Labute approximate surface area is 193 Å². The summed E-state index contributed by atoms with van der Waals surface area (Å²) < 4.78 is 32.3. The summed E-state index contributed by atoms with van der Waals surface area (Å²) in [5.74, 6) is 0.214. The van der Waals surface area contributed by atoms with Crippen LogP contribution in [0.1, 0.15) is 29.8 Å². The van der Waals surface area contributed by atoms with Gasteiger partial charge in [0.1, 0.15) is 12.4 Å². The molecule has 6 nitrogen and oxygen atoms in total. The molecule has 0 atom stereocenters. The van der Waals surface area contributed by atoms with Crippen molar-refractivity contribution in [3.05, 3.63) is 88.9 Å². The summed E-state index contributed by atoms with van der Waals surface area (Å²) in [4.78, 5) is 12.9. The minimum Gasteiger partial charge on any atom is -0.489 e. The normalized spacial score (nSPS) is 11.4. The number of rotatable bonds is 9. The predicted molar refractivity (Wildman–Crippen MR) is 127 cm³/mol. The van der Waals surface area contributed by atoms with Gasteiger partial charge in [-0.2, -0.15) is 4.31 Å². The number of sulfonamides is 1. The summed E-state index contributed by atoms with van der Waals surface area (Å²) in [6, 6.07) is 20.4. The lowest BCUT2D eigenvalue weighted by atomic mass is 10.2. The number of benzene rings is 3. The Morgan fingerprint density at radius 1 is 0.969 bits per heavy atom. The van der Waals surface area contributed by atoms with E-state index in [2.05, 4.69) is 5.32 Å². The Balaban J connectivity index is 1.67. The van der Waals surface area contributed by atoms with Crippen LogP contribution in [0.15, 0.2) is 77.7 Å². The van der Waals surface area contributed by atoms with Gasteiger partial charge in [-0.05, 0) is 48.5 Å². The van der Waals surface area contributed by atoms with Gasteiger partial charge < -0.3 is 10.1 Å². The number of hydrogen-bond donors (Lipinski definition) is 1. The van der Waals surface area contributed by atoms with Crippen molar-refractivity contribution in [3.8, 4) is 5.75 Å². The van der Waals surface area contributed by atoms with E-state index in [0.29, 0.717) is 35.1 Å². The molecule has 0 spiro atoms. The van der Waals surface area contributed by atoms with Crippen LogP contribution in [0.5, 0.6) is 5.75 Å². The summed E-state index contributed by atoms with van der Waals surface area (Å²) in [6.07, 6.45) is 0. The average Bonchev–Trinajstić information content (AvgIpc) is 2.80. The van der Waals surface area contributed by atoms with E-state index in [4.69, 9.17) is 16.3 Å². The van der Waals surface area contributed by atoms with Gasteiger partial charge in [0.05, 0.1) is 4.90 Å². The van der Waals surface area contributed by atoms with Crippen molar-refractivity contribution in [1.29, 1.82) is 0 Å². The molecular weight excluding hydrogens is 448 g/mol. The Morgan fingerprint density at radius 3 is 2.31 bits per heavy atom. The van der Waals surface area contributed by atoms with Crippen LogP contribution in [-0.4, -0.2) is 31.7 Å². The first-order valence-electron chi connectivity index (χ1n) is 10.2. The Kier molecular flexibility index (Phi) is 7.90. The second-order valence-corrected chi connectivity index (χ2v) is 9.32. The molecule has 3 aromatic rings.